The van der Waals surface area contributed by atoms with Gasteiger partial charge in [-0.2, -0.15) is 0 Å². The Morgan fingerprint density at radius 1 is 1.08 bits per heavy atom. The van der Waals surface area contributed by atoms with E-state index in [0.717, 1.165) is 5.56 Å². The second-order valence-electron chi connectivity index (χ2n) is 5.32. The fourth-order valence-corrected chi connectivity index (χ4v) is 2.73. The molecule has 0 aliphatic carbocycles. The number of allylic oxidation sites excluding steroid dienone is 1. The van der Waals surface area contributed by atoms with Crippen LogP contribution in [0.2, 0.25) is 15.1 Å². The Morgan fingerprint density at radius 3 is 2.27 bits per heavy atom. The van der Waals surface area contributed by atoms with Gasteiger partial charge in [0.05, 0.1) is 23.0 Å². The van der Waals surface area contributed by atoms with Crippen molar-refractivity contribution in [2.24, 2.45) is 10.7 Å². The Morgan fingerprint density at radius 2 is 1.69 bits per heavy atom. The van der Waals surface area contributed by atoms with Crippen molar-refractivity contribution < 1.29 is 9.53 Å². The van der Waals surface area contributed by atoms with Gasteiger partial charge in [-0.15, -0.1) is 0 Å². The molecule has 2 N–H and O–H groups in total. The Hall–Kier alpha value is -2.01. The van der Waals surface area contributed by atoms with Crippen LogP contribution in [0, 0.1) is 0 Å². The van der Waals surface area contributed by atoms with Crippen LogP contribution in [0.25, 0.3) is 0 Å². The van der Waals surface area contributed by atoms with Crippen LogP contribution in [0.5, 0.6) is 0 Å². The average Bonchev–Trinajstić information content (AvgIpc) is 2.61. The molecular weight excluding hydrogens is 395 g/mol. The fourth-order valence-electron chi connectivity index (χ4n) is 2.15. The SMILES string of the molecule is CCOC(=O)C(N)=C(C)C(=Nc1ccc(Cl)cc1Cl)c1ccc(Cl)cc1. The van der Waals surface area contributed by atoms with Crippen LogP contribution < -0.4 is 5.73 Å². The van der Waals surface area contributed by atoms with Crippen molar-refractivity contribution >= 4 is 52.2 Å². The number of carbonyl (C=O) groups is 1. The standard InChI is InChI=1S/C19H17Cl3N2O2/c1-3-26-19(25)17(23)11(2)18(12-4-6-13(20)7-5-12)24-16-9-8-14(21)10-15(16)22/h4-10H,3,23H2,1-2H3. The maximum atomic E-state index is 12.0. The second-order valence-corrected chi connectivity index (χ2v) is 6.60. The van der Waals surface area contributed by atoms with E-state index in [-0.39, 0.29) is 12.3 Å². The normalized spacial score (nSPS) is 12.6. The summed E-state index contributed by atoms with van der Waals surface area (Å²) in [4.78, 5) is 16.6. The first kappa shape index (κ1) is 20.3. The van der Waals surface area contributed by atoms with Crippen LogP contribution in [-0.2, 0) is 9.53 Å². The molecule has 0 fully saturated rings. The molecule has 0 saturated carbocycles. The highest BCUT2D eigenvalue weighted by atomic mass is 35.5. The summed E-state index contributed by atoms with van der Waals surface area (Å²) in [5.74, 6) is -0.603. The Kier molecular flexibility index (Phi) is 7.09. The van der Waals surface area contributed by atoms with Gasteiger partial charge in [0, 0.05) is 21.2 Å². The number of nitrogens with two attached hydrogens (primary N) is 1. The number of benzene rings is 2. The van der Waals surface area contributed by atoms with Gasteiger partial charge in [0.15, 0.2) is 0 Å². The topological polar surface area (TPSA) is 64.7 Å². The number of nitrogens with zero attached hydrogens (tertiary/aromatic N) is 1. The lowest BCUT2D eigenvalue weighted by Gasteiger charge is -2.12. The summed E-state index contributed by atoms with van der Waals surface area (Å²) in [6.45, 7) is 3.63. The van der Waals surface area contributed by atoms with Crippen molar-refractivity contribution in [3.8, 4) is 0 Å². The molecule has 0 aromatic heterocycles. The third kappa shape index (κ3) is 5.01. The molecule has 0 amide bonds. The van der Waals surface area contributed by atoms with Gasteiger partial charge in [0.1, 0.15) is 5.70 Å². The number of hydrogen-bond acceptors (Lipinski definition) is 4. The largest absolute Gasteiger partial charge is 0.461 e. The van der Waals surface area contributed by atoms with Crippen LogP contribution in [0.15, 0.2) is 58.7 Å². The molecule has 0 aliphatic heterocycles. The average molecular weight is 412 g/mol. The van der Waals surface area contributed by atoms with Crippen LogP contribution in [0.1, 0.15) is 19.4 Å². The predicted octanol–water partition coefficient (Wildman–Crippen LogP) is 5.56. The third-order valence-corrected chi connectivity index (χ3v) is 4.30. The molecule has 0 bridgehead atoms. The monoisotopic (exact) mass is 410 g/mol. The molecular formula is C19H17Cl3N2O2. The van der Waals surface area contributed by atoms with E-state index in [4.69, 9.17) is 45.3 Å². The number of hydrogen-bond donors (Lipinski definition) is 1. The van der Waals surface area contributed by atoms with Crippen LogP contribution in [0.3, 0.4) is 0 Å². The second kappa shape index (κ2) is 9.08. The lowest BCUT2D eigenvalue weighted by Crippen LogP contribution is -2.20. The van der Waals surface area contributed by atoms with Crippen molar-refractivity contribution in [1.29, 1.82) is 0 Å². The summed E-state index contributed by atoms with van der Waals surface area (Å²) in [5.41, 5.74) is 8.13. The van der Waals surface area contributed by atoms with Crippen molar-refractivity contribution in [3.63, 3.8) is 0 Å². The lowest BCUT2D eigenvalue weighted by atomic mass is 10.0. The minimum absolute atomic E-state index is 0.0226. The van der Waals surface area contributed by atoms with Crippen molar-refractivity contribution in [2.75, 3.05) is 6.61 Å². The highest BCUT2D eigenvalue weighted by Crippen LogP contribution is 2.30. The zero-order valence-electron chi connectivity index (χ0n) is 14.2. The Balaban J connectivity index is 2.62. The molecule has 0 saturated heterocycles. The molecule has 0 radical (unpaired) electrons. The van der Waals surface area contributed by atoms with E-state index in [2.05, 4.69) is 4.99 Å². The molecule has 0 unspecified atom stereocenters. The number of carbonyl (C=O) groups excluding carboxylic acids is 1. The first-order valence-electron chi connectivity index (χ1n) is 7.77. The van der Waals surface area contributed by atoms with Gasteiger partial charge in [0.2, 0.25) is 0 Å². The summed E-state index contributed by atoms with van der Waals surface area (Å²) in [5, 5.41) is 1.46. The molecule has 0 aliphatic rings. The van der Waals surface area contributed by atoms with E-state index in [1.165, 1.54) is 0 Å². The number of rotatable bonds is 5. The number of halogens is 3. The van der Waals surface area contributed by atoms with Crippen molar-refractivity contribution in [1.82, 2.24) is 0 Å². The van der Waals surface area contributed by atoms with Crippen LogP contribution in [-0.4, -0.2) is 18.3 Å². The quantitative estimate of drug-likeness (QED) is 0.398. The highest BCUT2D eigenvalue weighted by Gasteiger charge is 2.16. The Bertz CT molecular complexity index is 875. The van der Waals surface area contributed by atoms with Crippen LogP contribution in [0.4, 0.5) is 5.69 Å². The van der Waals surface area contributed by atoms with Gasteiger partial charge in [-0.05, 0) is 44.2 Å². The van der Waals surface area contributed by atoms with E-state index < -0.39 is 5.97 Å². The predicted molar refractivity (Wildman–Crippen MR) is 108 cm³/mol. The minimum atomic E-state index is -0.603. The van der Waals surface area contributed by atoms with Gasteiger partial charge >= 0.3 is 5.97 Å². The molecule has 0 spiro atoms. The highest BCUT2D eigenvalue weighted by molar-refractivity contribution is 6.36. The summed E-state index contributed by atoms with van der Waals surface area (Å²) >= 11 is 18.1. The number of esters is 1. The zero-order valence-corrected chi connectivity index (χ0v) is 16.5. The molecule has 2 aromatic carbocycles. The van der Waals surface area contributed by atoms with Gasteiger partial charge in [-0.25, -0.2) is 9.79 Å². The van der Waals surface area contributed by atoms with Gasteiger partial charge in [-0.1, -0.05) is 46.9 Å². The molecule has 2 aromatic rings. The minimum Gasteiger partial charge on any atom is -0.461 e. The van der Waals surface area contributed by atoms with E-state index in [1.807, 2.05) is 0 Å². The van der Waals surface area contributed by atoms with Crippen LogP contribution >= 0.6 is 34.8 Å². The van der Waals surface area contributed by atoms with Gasteiger partial charge < -0.3 is 10.5 Å². The molecule has 0 heterocycles. The van der Waals surface area contributed by atoms with E-state index in [0.29, 0.717) is 32.0 Å². The maximum Gasteiger partial charge on any atom is 0.354 e. The fraction of sp³-hybridized carbons (Fsp3) is 0.158. The summed E-state index contributed by atoms with van der Waals surface area (Å²) < 4.78 is 4.98. The zero-order chi connectivity index (χ0) is 19.3. The summed E-state index contributed by atoms with van der Waals surface area (Å²) in [7, 11) is 0. The van der Waals surface area contributed by atoms with E-state index >= 15 is 0 Å². The number of aliphatic imine (C=N–C) groups is 1. The summed E-state index contributed by atoms with van der Waals surface area (Å²) in [6.07, 6.45) is 0. The van der Waals surface area contributed by atoms with Crippen molar-refractivity contribution in [3.05, 3.63) is 74.4 Å². The molecule has 0 atom stereocenters. The van der Waals surface area contributed by atoms with Gasteiger partial charge in [0.25, 0.3) is 0 Å². The Labute approximate surface area is 167 Å². The molecule has 2 rings (SSSR count). The van der Waals surface area contributed by atoms with E-state index in [1.54, 1.807) is 56.3 Å². The third-order valence-electron chi connectivity index (χ3n) is 3.51. The molecule has 26 heavy (non-hydrogen) atoms. The smallest absolute Gasteiger partial charge is 0.354 e. The van der Waals surface area contributed by atoms with Crippen molar-refractivity contribution in [2.45, 2.75) is 13.8 Å². The van der Waals surface area contributed by atoms with Gasteiger partial charge in [-0.3, -0.25) is 0 Å². The molecule has 136 valence electrons. The molecule has 7 heteroatoms. The maximum absolute atomic E-state index is 12.0. The summed E-state index contributed by atoms with van der Waals surface area (Å²) in [6, 6.07) is 12.0. The van der Waals surface area contributed by atoms with E-state index in [9.17, 15) is 4.79 Å². The number of ether oxygens (including phenoxy) is 1. The first-order valence-corrected chi connectivity index (χ1v) is 8.90. The lowest BCUT2D eigenvalue weighted by molar-refractivity contribution is -0.138. The first-order chi connectivity index (χ1) is 12.3. The molecule has 4 nitrogen and oxygen atoms in total.